The number of carbonyl (C=O) groups is 1. The Hall–Kier alpha value is -1.95. The third-order valence-electron chi connectivity index (χ3n) is 8.11. The van der Waals surface area contributed by atoms with Gasteiger partial charge in [-0.15, -0.1) is 0 Å². The molecule has 1 unspecified atom stereocenters. The lowest BCUT2D eigenvalue weighted by molar-refractivity contribution is -0.118. The van der Waals surface area contributed by atoms with E-state index in [0.29, 0.717) is 0 Å². The number of rotatable bonds is 7. The van der Waals surface area contributed by atoms with E-state index in [0.717, 1.165) is 0 Å². The number of aromatic amines is 1. The molecule has 2 aliphatic rings. The predicted octanol–water partition coefficient (Wildman–Crippen LogP) is 3.93. The van der Waals surface area contributed by atoms with Gasteiger partial charge in [0.1, 0.15) is 18.3 Å². The second-order valence-electron chi connectivity index (χ2n) is 12.5. The Morgan fingerprint density at radius 3 is 2.20 bits per heavy atom. The Morgan fingerprint density at radius 2 is 1.65 bits per heavy atom. The van der Waals surface area contributed by atoms with Crippen molar-refractivity contribution in [2.45, 2.75) is 116 Å². The minimum Gasteiger partial charge on any atom is -0.414 e. The molecule has 1 amide bonds. The van der Waals surface area contributed by atoms with Gasteiger partial charge >= 0.3 is 17.1 Å². The number of aliphatic hydroxyl groups is 1. The number of nitrogens with one attached hydrogen (secondary N) is 2. The van der Waals surface area contributed by atoms with E-state index in [1.165, 1.54) is 10.9 Å². The van der Waals surface area contributed by atoms with E-state index in [-0.39, 0.29) is 57.7 Å². The molecule has 3 N–H and O–H groups in total. The molecule has 2 aliphatic heterocycles. The second kappa shape index (κ2) is 11.4. The lowest BCUT2D eigenvalue weighted by atomic mass is 10.1. The number of anilines is 1. The van der Waals surface area contributed by atoms with Crippen molar-refractivity contribution in [3.05, 3.63) is 16.7 Å². The zero-order valence-corrected chi connectivity index (χ0v) is 27.2. The molecule has 2 fully saturated rings. The Balaban J connectivity index is 1.76. The first-order valence-electron chi connectivity index (χ1n) is 14.3. The first kappa shape index (κ1) is 31.0. The monoisotopic (exact) mass is 595 g/mol. The second-order valence-corrected chi connectivity index (χ2v) is 21.3. The average Bonchev–Trinajstić information content (AvgIpc) is 3.39. The van der Waals surface area contributed by atoms with E-state index < -0.39 is 47.2 Å². The van der Waals surface area contributed by atoms with Crippen LogP contribution in [0.15, 0.2) is 11.1 Å². The van der Waals surface area contributed by atoms with Crippen molar-refractivity contribution in [2.75, 3.05) is 11.9 Å². The van der Waals surface area contributed by atoms with E-state index in [4.69, 9.17) is 17.7 Å². The number of aliphatic hydroxyl groups excluding tert-OH is 1. The van der Waals surface area contributed by atoms with Crippen LogP contribution in [0.1, 0.15) is 75.5 Å². The minimum absolute atomic E-state index is 0.000117. The van der Waals surface area contributed by atoms with Crippen molar-refractivity contribution >= 4 is 40.1 Å². The van der Waals surface area contributed by atoms with Gasteiger partial charge in [0.2, 0.25) is 11.9 Å². The van der Waals surface area contributed by atoms with Crippen LogP contribution in [0.3, 0.4) is 0 Å². The lowest BCUT2D eigenvalue weighted by Gasteiger charge is -2.51. The van der Waals surface area contributed by atoms with Crippen molar-refractivity contribution < 1.29 is 27.6 Å². The molecule has 0 radical (unpaired) electrons. The molecule has 224 valence electrons. The predicted molar refractivity (Wildman–Crippen MR) is 155 cm³/mol. The molecule has 40 heavy (non-hydrogen) atoms. The maximum atomic E-state index is 12.8. The molecular weight excluding hydrogens is 550 g/mol. The highest BCUT2D eigenvalue weighted by Crippen LogP contribution is 2.48. The van der Waals surface area contributed by atoms with E-state index >= 15 is 0 Å². The van der Waals surface area contributed by atoms with Crippen LogP contribution in [0.5, 0.6) is 0 Å². The maximum Gasteiger partial charge on any atom is 0.335 e. The van der Waals surface area contributed by atoms with Crippen molar-refractivity contribution in [2.24, 2.45) is 5.92 Å². The summed E-state index contributed by atoms with van der Waals surface area (Å²) < 4.78 is 28.9. The van der Waals surface area contributed by atoms with Gasteiger partial charge in [-0.1, -0.05) is 69.2 Å². The first-order chi connectivity index (χ1) is 18.6. The molecule has 0 saturated carbocycles. The first-order valence-corrected chi connectivity index (χ1v) is 18.2. The van der Waals surface area contributed by atoms with Gasteiger partial charge in [0.15, 0.2) is 17.4 Å². The Morgan fingerprint density at radius 1 is 1.05 bits per heavy atom. The number of nitrogens with zero attached hydrogens (tertiary/aromatic N) is 3. The topological polar surface area (TPSA) is 150 Å². The summed E-state index contributed by atoms with van der Waals surface area (Å²) in [7, 11) is -5.75. The van der Waals surface area contributed by atoms with Crippen LogP contribution >= 0.6 is 0 Å². The molecule has 2 aromatic rings. The molecular formula is C26H45N5O7Si2. The Kier molecular flexibility index (Phi) is 8.82. The third-order valence-corrected chi connectivity index (χ3v) is 18.4. The molecule has 12 nitrogen and oxygen atoms in total. The van der Waals surface area contributed by atoms with Crippen LogP contribution in [0.2, 0.25) is 22.2 Å². The standard InChI is InChI=1S/C26H45N5O7Si2/c1-13(2)23(33)29-26-28-22-19(24(34)30-26)27-12-31(22)25-20(32)21-18(36-25)11-35-39(14(3)4,15(5)6)38-40(37-21,16(7)8)17(9)10/h12-18,20-21,25,32H,11H2,1-10H3,(H2,28,29,30,33,34)/t18?,20-,21-,25-/m1/s1. The molecule has 0 aliphatic carbocycles. The van der Waals surface area contributed by atoms with E-state index in [2.05, 4.69) is 75.7 Å². The van der Waals surface area contributed by atoms with Crippen LogP contribution in [0.4, 0.5) is 5.95 Å². The van der Waals surface area contributed by atoms with Gasteiger partial charge in [-0.2, -0.15) is 4.98 Å². The normalized spacial score (nSPS) is 26.6. The number of hydrogen-bond donors (Lipinski definition) is 3. The Bertz CT molecular complexity index is 1260. The summed E-state index contributed by atoms with van der Waals surface area (Å²) in [5, 5.41) is 14.3. The van der Waals surface area contributed by atoms with Crippen LogP contribution in [0.25, 0.3) is 11.2 Å². The molecule has 4 heterocycles. The largest absolute Gasteiger partial charge is 0.414 e. The summed E-state index contributed by atoms with van der Waals surface area (Å²) in [6.07, 6.45) is -1.92. The maximum absolute atomic E-state index is 12.8. The van der Waals surface area contributed by atoms with Gasteiger partial charge in [-0.25, -0.2) is 4.98 Å². The highest BCUT2D eigenvalue weighted by molar-refractivity contribution is 6.84. The molecule has 2 aromatic heterocycles. The van der Waals surface area contributed by atoms with Crippen molar-refractivity contribution in [1.82, 2.24) is 19.5 Å². The van der Waals surface area contributed by atoms with E-state index in [1.807, 2.05) is 0 Å². The fourth-order valence-electron chi connectivity index (χ4n) is 5.80. The third kappa shape index (κ3) is 5.23. The number of amides is 1. The molecule has 14 heteroatoms. The van der Waals surface area contributed by atoms with Gasteiger partial charge in [0.25, 0.3) is 5.56 Å². The SMILES string of the molecule is CC(C)C(=O)Nc1nc2c(ncn2[C@@H]2OC3CO[Si](C(C)C)(C(C)C)O[Si](C(C)C)(C(C)C)O[C@H]3[C@H]2O)c(=O)[nH]1. The molecule has 0 aromatic carbocycles. The minimum atomic E-state index is -2.97. The average molecular weight is 596 g/mol. The number of hydrogen-bond acceptors (Lipinski definition) is 9. The fourth-order valence-corrected chi connectivity index (χ4v) is 17.0. The van der Waals surface area contributed by atoms with Gasteiger partial charge in [-0.05, 0) is 22.2 Å². The summed E-state index contributed by atoms with van der Waals surface area (Å²) in [5.74, 6) is -0.596. The summed E-state index contributed by atoms with van der Waals surface area (Å²) >= 11 is 0. The van der Waals surface area contributed by atoms with Crippen molar-refractivity contribution in [3.8, 4) is 0 Å². The number of H-pyrrole nitrogens is 1. The summed E-state index contributed by atoms with van der Waals surface area (Å²) in [5.41, 5.74) is 0.271. The van der Waals surface area contributed by atoms with Gasteiger partial charge < -0.3 is 22.8 Å². The van der Waals surface area contributed by atoms with Gasteiger partial charge in [0, 0.05) is 5.92 Å². The quantitative estimate of drug-likeness (QED) is 0.405. The summed E-state index contributed by atoms with van der Waals surface area (Å²) in [6.45, 7) is 20.8. The number of imidazole rings is 1. The number of carbonyl (C=O) groups excluding carboxylic acids is 1. The molecule has 2 saturated heterocycles. The molecule has 0 bridgehead atoms. The van der Waals surface area contributed by atoms with Crippen LogP contribution in [0, 0.1) is 5.92 Å². The molecule has 0 spiro atoms. The van der Waals surface area contributed by atoms with Crippen molar-refractivity contribution in [1.29, 1.82) is 0 Å². The zero-order valence-electron chi connectivity index (χ0n) is 25.2. The Labute approximate surface area is 237 Å². The van der Waals surface area contributed by atoms with Crippen LogP contribution in [-0.4, -0.2) is 72.6 Å². The van der Waals surface area contributed by atoms with Crippen molar-refractivity contribution in [3.63, 3.8) is 0 Å². The number of fused-ring (bicyclic) bond motifs is 2. The summed E-state index contributed by atoms with van der Waals surface area (Å²) in [4.78, 5) is 36.2. The molecule has 4 atom stereocenters. The van der Waals surface area contributed by atoms with E-state index in [9.17, 15) is 14.7 Å². The van der Waals surface area contributed by atoms with Crippen LogP contribution < -0.4 is 10.9 Å². The van der Waals surface area contributed by atoms with Gasteiger partial charge in [-0.3, -0.25) is 24.5 Å². The molecule has 4 rings (SSSR count). The fraction of sp³-hybridized carbons (Fsp3) is 0.769. The zero-order chi connectivity index (χ0) is 29.7. The smallest absolute Gasteiger partial charge is 0.335 e. The van der Waals surface area contributed by atoms with E-state index in [1.54, 1.807) is 13.8 Å². The number of aromatic nitrogens is 4. The number of ether oxygens (including phenoxy) is 1. The lowest BCUT2D eigenvalue weighted by Crippen LogP contribution is -2.65. The highest BCUT2D eigenvalue weighted by Gasteiger charge is 2.61. The van der Waals surface area contributed by atoms with Crippen LogP contribution in [-0.2, 0) is 22.5 Å². The highest BCUT2D eigenvalue weighted by atomic mass is 28.5. The summed E-state index contributed by atoms with van der Waals surface area (Å²) in [6, 6.07) is 0. The van der Waals surface area contributed by atoms with Gasteiger partial charge in [0.05, 0.1) is 12.9 Å².